The normalized spacial score (nSPS) is 17.6. The zero-order valence-electron chi connectivity index (χ0n) is 18.9. The summed E-state index contributed by atoms with van der Waals surface area (Å²) in [5.74, 6) is -0.680. The molecule has 1 amide bonds. The lowest BCUT2D eigenvalue weighted by Gasteiger charge is -2.25. The van der Waals surface area contributed by atoms with Crippen LogP contribution in [0.5, 0.6) is 5.75 Å². The molecule has 6 nitrogen and oxygen atoms in total. The summed E-state index contributed by atoms with van der Waals surface area (Å²) in [5, 5.41) is 11.2. The van der Waals surface area contributed by atoms with Crippen LogP contribution in [0.15, 0.2) is 78.6 Å². The first kappa shape index (κ1) is 22.3. The summed E-state index contributed by atoms with van der Waals surface area (Å²) in [6.07, 6.45) is 3.29. The molecule has 4 rings (SSSR count). The van der Waals surface area contributed by atoms with Gasteiger partial charge in [0.2, 0.25) is 0 Å². The van der Waals surface area contributed by atoms with E-state index in [9.17, 15) is 14.7 Å². The van der Waals surface area contributed by atoms with Gasteiger partial charge < -0.3 is 14.7 Å². The number of aliphatic hydroxyl groups excluding tert-OH is 1. The summed E-state index contributed by atoms with van der Waals surface area (Å²) in [4.78, 5) is 31.8. The van der Waals surface area contributed by atoms with E-state index in [-0.39, 0.29) is 17.9 Å². The molecular weight excluding hydrogens is 416 g/mol. The molecule has 2 aromatic carbocycles. The van der Waals surface area contributed by atoms with Crippen LogP contribution in [-0.4, -0.2) is 33.8 Å². The van der Waals surface area contributed by atoms with E-state index in [1.165, 1.54) is 12.0 Å². The third-order valence-corrected chi connectivity index (χ3v) is 5.90. The number of ether oxygens (including phenoxy) is 1. The Morgan fingerprint density at radius 2 is 1.76 bits per heavy atom. The van der Waals surface area contributed by atoms with Crippen molar-refractivity contribution in [2.24, 2.45) is 0 Å². The van der Waals surface area contributed by atoms with Crippen molar-refractivity contribution in [3.05, 3.63) is 101 Å². The fourth-order valence-corrected chi connectivity index (χ4v) is 4.06. The fourth-order valence-electron chi connectivity index (χ4n) is 4.06. The summed E-state index contributed by atoms with van der Waals surface area (Å²) >= 11 is 0. The topological polar surface area (TPSA) is 79.7 Å². The van der Waals surface area contributed by atoms with Crippen LogP contribution in [0, 0.1) is 0 Å². The van der Waals surface area contributed by atoms with Crippen molar-refractivity contribution < 1.29 is 19.4 Å². The molecule has 1 aromatic heterocycles. The molecule has 0 radical (unpaired) electrons. The average Bonchev–Trinajstić information content (AvgIpc) is 3.09. The highest BCUT2D eigenvalue weighted by Crippen LogP contribution is 2.40. The summed E-state index contributed by atoms with van der Waals surface area (Å²) in [7, 11) is 1.53. The first-order chi connectivity index (χ1) is 15.9. The monoisotopic (exact) mass is 442 g/mol. The van der Waals surface area contributed by atoms with Gasteiger partial charge in [0, 0.05) is 24.5 Å². The van der Waals surface area contributed by atoms with Gasteiger partial charge in [-0.15, -0.1) is 0 Å². The lowest BCUT2D eigenvalue weighted by molar-refractivity contribution is -0.140. The Hall–Kier alpha value is -3.93. The zero-order chi connectivity index (χ0) is 23.5. The summed E-state index contributed by atoms with van der Waals surface area (Å²) in [5.41, 5.74) is 3.24. The van der Waals surface area contributed by atoms with Gasteiger partial charge in [-0.3, -0.25) is 14.6 Å². The molecule has 1 atom stereocenters. The molecule has 1 aliphatic heterocycles. The third kappa shape index (κ3) is 4.37. The minimum Gasteiger partial charge on any atom is -0.507 e. The number of Topliss-reactive ketones (excluding diaryl/α,β-unsaturated/α-hetero) is 1. The first-order valence-corrected chi connectivity index (χ1v) is 10.8. The molecule has 1 fully saturated rings. The molecule has 3 aromatic rings. The minimum absolute atomic E-state index is 0.0691. The molecule has 33 heavy (non-hydrogen) atoms. The van der Waals surface area contributed by atoms with Crippen molar-refractivity contribution >= 4 is 17.4 Å². The number of hydrogen-bond acceptors (Lipinski definition) is 5. The number of aliphatic hydroxyl groups is 1. The van der Waals surface area contributed by atoms with Crippen LogP contribution < -0.4 is 4.74 Å². The van der Waals surface area contributed by atoms with Gasteiger partial charge in [0.05, 0.1) is 18.7 Å². The molecule has 0 spiro atoms. The molecule has 0 aliphatic carbocycles. The van der Waals surface area contributed by atoms with Gasteiger partial charge in [0.1, 0.15) is 11.5 Å². The Morgan fingerprint density at radius 1 is 1.06 bits per heavy atom. The Balaban J connectivity index is 1.85. The molecule has 1 aliphatic rings. The Morgan fingerprint density at radius 3 is 2.39 bits per heavy atom. The van der Waals surface area contributed by atoms with E-state index in [1.54, 1.807) is 48.8 Å². The van der Waals surface area contributed by atoms with Crippen molar-refractivity contribution in [1.82, 2.24) is 9.88 Å². The molecule has 2 heterocycles. The van der Waals surface area contributed by atoms with E-state index in [2.05, 4.69) is 18.8 Å². The number of nitrogens with zero attached hydrogens (tertiary/aromatic N) is 2. The van der Waals surface area contributed by atoms with Gasteiger partial charge in [0.15, 0.2) is 0 Å². The van der Waals surface area contributed by atoms with E-state index in [1.807, 2.05) is 24.3 Å². The second-order valence-corrected chi connectivity index (χ2v) is 8.34. The average molecular weight is 443 g/mol. The van der Waals surface area contributed by atoms with Gasteiger partial charge in [-0.2, -0.15) is 0 Å². The van der Waals surface area contributed by atoms with Crippen molar-refractivity contribution in [3.8, 4) is 5.75 Å². The Kier molecular flexibility index (Phi) is 6.27. The smallest absolute Gasteiger partial charge is 0.295 e. The van der Waals surface area contributed by atoms with Crippen LogP contribution >= 0.6 is 0 Å². The molecule has 1 unspecified atom stereocenters. The van der Waals surface area contributed by atoms with Gasteiger partial charge in [-0.1, -0.05) is 50.2 Å². The first-order valence-electron chi connectivity index (χ1n) is 10.8. The number of carbonyl (C=O) groups is 2. The number of carbonyl (C=O) groups excluding carboxylic acids is 2. The lowest BCUT2D eigenvalue weighted by atomic mass is 9.93. The number of pyridine rings is 1. The number of amides is 1. The van der Waals surface area contributed by atoms with Crippen LogP contribution in [0.3, 0.4) is 0 Å². The van der Waals surface area contributed by atoms with E-state index in [0.29, 0.717) is 17.2 Å². The molecule has 1 saturated heterocycles. The zero-order valence-corrected chi connectivity index (χ0v) is 18.9. The number of ketones is 1. The van der Waals surface area contributed by atoms with E-state index in [0.717, 1.165) is 16.7 Å². The van der Waals surface area contributed by atoms with E-state index < -0.39 is 17.7 Å². The summed E-state index contributed by atoms with van der Waals surface area (Å²) in [6.45, 7) is 4.43. The fraction of sp³-hybridized carbons (Fsp3) is 0.222. The van der Waals surface area contributed by atoms with Gasteiger partial charge in [-0.25, -0.2) is 0 Å². The third-order valence-electron chi connectivity index (χ3n) is 5.90. The van der Waals surface area contributed by atoms with Crippen molar-refractivity contribution in [2.75, 3.05) is 7.11 Å². The van der Waals surface area contributed by atoms with Gasteiger partial charge in [0.25, 0.3) is 11.7 Å². The Bertz CT molecular complexity index is 1200. The highest BCUT2D eigenvalue weighted by molar-refractivity contribution is 6.46. The molecular formula is C27H26N2O4. The SMILES string of the molecule is COc1cccc(C(O)=C2C(=O)C(=O)N(Cc3ccncc3)C2c2ccc(C(C)C)cc2)c1. The second kappa shape index (κ2) is 9.28. The predicted octanol–water partition coefficient (Wildman–Crippen LogP) is 4.84. The number of aromatic nitrogens is 1. The molecule has 0 saturated carbocycles. The highest BCUT2D eigenvalue weighted by Gasteiger charge is 2.46. The highest BCUT2D eigenvalue weighted by atomic mass is 16.5. The van der Waals surface area contributed by atoms with Crippen LogP contribution in [0.1, 0.15) is 48.1 Å². The largest absolute Gasteiger partial charge is 0.507 e. The number of rotatable bonds is 6. The number of methoxy groups -OCH3 is 1. The standard InChI is InChI=1S/C27H26N2O4/c1-17(2)19-7-9-20(10-8-19)24-23(25(30)21-5-4-6-22(15-21)33-3)26(31)27(32)29(24)16-18-11-13-28-14-12-18/h4-15,17,24,30H,16H2,1-3H3. The summed E-state index contributed by atoms with van der Waals surface area (Å²) < 4.78 is 5.26. The van der Waals surface area contributed by atoms with Gasteiger partial charge in [-0.05, 0) is 46.9 Å². The van der Waals surface area contributed by atoms with E-state index in [4.69, 9.17) is 4.74 Å². The van der Waals surface area contributed by atoms with Crippen molar-refractivity contribution in [1.29, 1.82) is 0 Å². The minimum atomic E-state index is -0.717. The maximum absolute atomic E-state index is 13.2. The van der Waals surface area contributed by atoms with Crippen molar-refractivity contribution in [3.63, 3.8) is 0 Å². The maximum atomic E-state index is 13.2. The summed E-state index contributed by atoms with van der Waals surface area (Å²) in [6, 6.07) is 17.5. The van der Waals surface area contributed by atoms with Crippen LogP contribution in [-0.2, 0) is 16.1 Å². The number of likely N-dealkylation sites (tertiary alicyclic amines) is 1. The van der Waals surface area contributed by atoms with E-state index >= 15 is 0 Å². The lowest BCUT2D eigenvalue weighted by Crippen LogP contribution is -2.29. The van der Waals surface area contributed by atoms with Gasteiger partial charge >= 0.3 is 0 Å². The van der Waals surface area contributed by atoms with Crippen molar-refractivity contribution in [2.45, 2.75) is 32.4 Å². The Labute approximate surface area is 193 Å². The van der Waals surface area contributed by atoms with Crippen LogP contribution in [0.2, 0.25) is 0 Å². The molecule has 168 valence electrons. The van der Waals surface area contributed by atoms with Crippen LogP contribution in [0.25, 0.3) is 5.76 Å². The van der Waals surface area contributed by atoms with Crippen LogP contribution in [0.4, 0.5) is 0 Å². The second-order valence-electron chi connectivity index (χ2n) is 8.34. The molecule has 0 bridgehead atoms. The molecule has 6 heteroatoms. The molecule has 1 N–H and O–H groups in total. The quantitative estimate of drug-likeness (QED) is 0.336. The maximum Gasteiger partial charge on any atom is 0.295 e. The number of benzene rings is 2. The predicted molar refractivity (Wildman–Crippen MR) is 126 cm³/mol. The number of hydrogen-bond donors (Lipinski definition) is 1.